The van der Waals surface area contributed by atoms with E-state index in [1.165, 1.54) is 11.5 Å². The van der Waals surface area contributed by atoms with Gasteiger partial charge in [0.2, 0.25) is 0 Å². The van der Waals surface area contributed by atoms with E-state index in [4.69, 9.17) is 17.3 Å². The molecule has 0 spiro atoms. The van der Waals surface area contributed by atoms with Crippen molar-refractivity contribution in [2.75, 3.05) is 12.0 Å². The molecule has 0 aliphatic heterocycles. The number of nitrogen functional groups attached to an aromatic ring is 1. The summed E-state index contributed by atoms with van der Waals surface area (Å²) in [5.41, 5.74) is 8.73. The zero-order valence-electron chi connectivity index (χ0n) is 11.4. The molecule has 2 aromatic carbocycles. The van der Waals surface area contributed by atoms with Gasteiger partial charge in [0.05, 0.1) is 10.5 Å². The maximum absolute atomic E-state index is 13.2. The molecule has 0 radical (unpaired) electrons. The summed E-state index contributed by atoms with van der Waals surface area (Å²) in [4.78, 5) is 1.15. The second-order valence-electron chi connectivity index (χ2n) is 4.85. The van der Waals surface area contributed by atoms with Gasteiger partial charge in [0.15, 0.2) is 0 Å². The lowest BCUT2D eigenvalue weighted by molar-refractivity contribution is 0.627. The Bertz CT molecular complexity index is 813. The van der Waals surface area contributed by atoms with Crippen LogP contribution in [0, 0.1) is 5.82 Å². The van der Waals surface area contributed by atoms with Crippen molar-refractivity contribution in [2.45, 2.75) is 11.4 Å². The molecular weight excluding hydrogens is 307 g/mol. The Hall–Kier alpha value is -1.65. The summed E-state index contributed by atoms with van der Waals surface area (Å²) in [6.45, 7) is 0.626. The molecule has 0 unspecified atom stereocenters. The van der Waals surface area contributed by atoms with E-state index in [-0.39, 0.29) is 5.02 Å². The molecule has 0 saturated carbocycles. The summed E-state index contributed by atoms with van der Waals surface area (Å²) in [6.07, 6.45) is 4.05. The lowest BCUT2D eigenvalue weighted by Gasteiger charge is -2.08. The highest BCUT2D eigenvalue weighted by atomic mass is 35.5. The van der Waals surface area contributed by atoms with E-state index in [9.17, 15) is 4.39 Å². The van der Waals surface area contributed by atoms with Crippen LogP contribution in [0.5, 0.6) is 0 Å². The SMILES string of the molecule is CSc1cc(N)cc2c1ccn2Cc1ccc(F)c(Cl)c1. The molecule has 0 aliphatic rings. The first-order valence-electron chi connectivity index (χ1n) is 6.45. The molecular formula is C16H14ClFN2S. The molecule has 0 fully saturated rings. The Morgan fingerprint density at radius 3 is 2.76 bits per heavy atom. The molecule has 0 atom stereocenters. The van der Waals surface area contributed by atoms with Gasteiger partial charge in [-0.2, -0.15) is 0 Å². The number of fused-ring (bicyclic) bond motifs is 1. The minimum Gasteiger partial charge on any atom is -0.399 e. The fourth-order valence-electron chi connectivity index (χ4n) is 2.42. The molecule has 21 heavy (non-hydrogen) atoms. The molecule has 1 aromatic heterocycles. The van der Waals surface area contributed by atoms with E-state index in [1.807, 2.05) is 24.6 Å². The van der Waals surface area contributed by atoms with Crippen molar-refractivity contribution in [2.24, 2.45) is 0 Å². The number of nitrogens with two attached hydrogens (primary N) is 1. The summed E-state index contributed by atoms with van der Waals surface area (Å²) in [6, 6.07) is 10.8. The normalized spacial score (nSPS) is 11.2. The summed E-state index contributed by atoms with van der Waals surface area (Å²) in [5.74, 6) is -0.397. The van der Waals surface area contributed by atoms with Gasteiger partial charge in [-0.1, -0.05) is 17.7 Å². The summed E-state index contributed by atoms with van der Waals surface area (Å²) < 4.78 is 15.3. The van der Waals surface area contributed by atoms with Crippen molar-refractivity contribution in [3.63, 3.8) is 0 Å². The van der Waals surface area contributed by atoms with Crippen molar-refractivity contribution in [3.05, 3.63) is 59.0 Å². The van der Waals surface area contributed by atoms with Crippen molar-refractivity contribution < 1.29 is 4.39 Å². The first kappa shape index (κ1) is 14.3. The molecule has 2 nitrogen and oxygen atoms in total. The third-order valence-electron chi connectivity index (χ3n) is 3.43. The average molecular weight is 321 g/mol. The van der Waals surface area contributed by atoms with Crippen LogP contribution < -0.4 is 5.73 Å². The first-order chi connectivity index (χ1) is 10.1. The lowest BCUT2D eigenvalue weighted by Crippen LogP contribution is -1.99. The number of halogens is 2. The van der Waals surface area contributed by atoms with Gasteiger partial charge in [-0.15, -0.1) is 11.8 Å². The zero-order chi connectivity index (χ0) is 15.0. The minimum atomic E-state index is -0.397. The second kappa shape index (κ2) is 5.62. The third kappa shape index (κ3) is 2.74. The van der Waals surface area contributed by atoms with Gasteiger partial charge in [0.1, 0.15) is 5.82 Å². The zero-order valence-corrected chi connectivity index (χ0v) is 13.0. The number of anilines is 1. The summed E-state index contributed by atoms with van der Waals surface area (Å²) in [7, 11) is 0. The fourth-order valence-corrected chi connectivity index (χ4v) is 3.27. The van der Waals surface area contributed by atoms with Crippen LogP contribution in [-0.4, -0.2) is 10.8 Å². The second-order valence-corrected chi connectivity index (χ2v) is 6.10. The summed E-state index contributed by atoms with van der Waals surface area (Å²) >= 11 is 7.51. The Morgan fingerprint density at radius 1 is 1.24 bits per heavy atom. The molecule has 0 amide bonds. The predicted octanol–water partition coefficient (Wildman–Crippen LogP) is 4.79. The van der Waals surface area contributed by atoms with Gasteiger partial charge in [-0.25, -0.2) is 4.39 Å². The fraction of sp³-hybridized carbons (Fsp3) is 0.125. The van der Waals surface area contributed by atoms with Crippen LogP contribution in [0.25, 0.3) is 10.9 Å². The average Bonchev–Trinajstić information content (AvgIpc) is 2.85. The van der Waals surface area contributed by atoms with E-state index >= 15 is 0 Å². The Labute approximate surface area is 131 Å². The van der Waals surface area contributed by atoms with Gasteiger partial charge in [0.25, 0.3) is 0 Å². The number of hydrogen-bond acceptors (Lipinski definition) is 2. The number of benzene rings is 2. The molecule has 5 heteroatoms. The van der Waals surface area contributed by atoms with E-state index < -0.39 is 5.82 Å². The quantitative estimate of drug-likeness (QED) is 0.556. The Kier molecular flexibility index (Phi) is 3.83. The van der Waals surface area contributed by atoms with Gasteiger partial charge in [-0.3, -0.25) is 0 Å². The van der Waals surface area contributed by atoms with E-state index in [0.717, 1.165) is 21.7 Å². The number of hydrogen-bond donors (Lipinski definition) is 1. The molecule has 2 N–H and O–H groups in total. The van der Waals surface area contributed by atoms with Crippen molar-refractivity contribution in [1.82, 2.24) is 4.57 Å². The van der Waals surface area contributed by atoms with E-state index in [0.29, 0.717) is 6.54 Å². The van der Waals surface area contributed by atoms with Crippen LogP contribution in [0.15, 0.2) is 47.5 Å². The maximum atomic E-state index is 13.2. The lowest BCUT2D eigenvalue weighted by atomic mass is 10.2. The number of nitrogens with zero attached hydrogens (tertiary/aromatic N) is 1. The molecule has 0 bridgehead atoms. The minimum absolute atomic E-state index is 0.147. The molecule has 0 aliphatic carbocycles. The smallest absolute Gasteiger partial charge is 0.141 e. The largest absolute Gasteiger partial charge is 0.399 e. The number of aromatic nitrogens is 1. The van der Waals surface area contributed by atoms with Crippen molar-refractivity contribution >= 4 is 40.0 Å². The highest BCUT2D eigenvalue weighted by Crippen LogP contribution is 2.30. The van der Waals surface area contributed by atoms with Crippen molar-refractivity contribution in [3.8, 4) is 0 Å². The Balaban J connectivity index is 2.04. The highest BCUT2D eigenvalue weighted by molar-refractivity contribution is 7.98. The predicted molar refractivity (Wildman–Crippen MR) is 88.6 cm³/mol. The first-order valence-corrected chi connectivity index (χ1v) is 8.05. The van der Waals surface area contributed by atoms with Gasteiger partial charge in [-0.05, 0) is 42.2 Å². The maximum Gasteiger partial charge on any atom is 0.141 e. The molecule has 3 aromatic rings. The molecule has 1 heterocycles. The van der Waals surface area contributed by atoms with Crippen LogP contribution in [0.3, 0.4) is 0 Å². The number of thioether (sulfide) groups is 1. The standard InChI is InChI=1S/C16H14ClFN2S/c1-21-16-8-11(19)7-15-12(16)4-5-20(15)9-10-2-3-14(18)13(17)6-10/h2-8H,9,19H2,1H3. The van der Waals surface area contributed by atoms with Crippen LogP contribution in [0.4, 0.5) is 10.1 Å². The van der Waals surface area contributed by atoms with E-state index in [2.05, 4.69) is 10.6 Å². The third-order valence-corrected chi connectivity index (χ3v) is 4.50. The molecule has 0 saturated heterocycles. The van der Waals surface area contributed by atoms with Crippen LogP contribution in [-0.2, 0) is 6.54 Å². The van der Waals surface area contributed by atoms with Gasteiger partial charge in [0, 0.05) is 28.7 Å². The number of rotatable bonds is 3. The van der Waals surface area contributed by atoms with Gasteiger partial charge < -0.3 is 10.3 Å². The van der Waals surface area contributed by atoms with E-state index in [1.54, 1.807) is 23.9 Å². The Morgan fingerprint density at radius 2 is 2.05 bits per heavy atom. The topological polar surface area (TPSA) is 30.9 Å². The monoisotopic (exact) mass is 320 g/mol. The van der Waals surface area contributed by atoms with Gasteiger partial charge >= 0.3 is 0 Å². The molecule has 3 rings (SSSR count). The highest BCUT2D eigenvalue weighted by Gasteiger charge is 2.08. The summed E-state index contributed by atoms with van der Waals surface area (Å²) in [5, 5.41) is 1.32. The van der Waals surface area contributed by atoms with Crippen LogP contribution in [0.1, 0.15) is 5.56 Å². The van der Waals surface area contributed by atoms with Crippen LogP contribution in [0.2, 0.25) is 5.02 Å². The van der Waals surface area contributed by atoms with Crippen molar-refractivity contribution in [1.29, 1.82) is 0 Å². The van der Waals surface area contributed by atoms with Crippen LogP contribution >= 0.6 is 23.4 Å². The molecule has 108 valence electrons.